The third-order valence-corrected chi connectivity index (χ3v) is 5.94. The number of thiophene rings is 1. The van der Waals surface area contributed by atoms with Gasteiger partial charge in [-0.1, -0.05) is 22.7 Å². The van der Waals surface area contributed by atoms with Crippen LogP contribution in [0, 0.1) is 10.1 Å². The Kier molecular flexibility index (Phi) is 6.37. The van der Waals surface area contributed by atoms with Gasteiger partial charge < -0.3 is 14.0 Å². The Morgan fingerprint density at radius 3 is 2.60 bits per heavy atom. The van der Waals surface area contributed by atoms with Crippen LogP contribution in [0.3, 0.4) is 0 Å². The zero-order chi connectivity index (χ0) is 21.8. The van der Waals surface area contributed by atoms with Gasteiger partial charge in [0.2, 0.25) is 0 Å². The number of hydrogen-bond acceptors (Lipinski definition) is 9. The van der Waals surface area contributed by atoms with E-state index >= 15 is 0 Å². The van der Waals surface area contributed by atoms with E-state index in [9.17, 15) is 24.5 Å². The molecule has 1 amide bonds. The minimum atomic E-state index is -0.676. The number of esters is 2. The zero-order valence-electron chi connectivity index (χ0n) is 15.8. The molecule has 0 aliphatic heterocycles. The molecule has 0 aliphatic carbocycles. The van der Waals surface area contributed by atoms with Crippen molar-refractivity contribution in [2.75, 3.05) is 13.7 Å². The largest absolute Gasteiger partial charge is 0.465 e. The fourth-order valence-corrected chi connectivity index (χ4v) is 4.35. The Morgan fingerprint density at radius 1 is 1.20 bits per heavy atom. The standard InChI is InChI=1S/C18H15N3O7S2/c1-3-28-15(22)9-20-11-5-4-10(17(24)27-2)8-13(11)30-18(20)19-16(23)12-6-7-14(29-12)21(25)26/h4-8H,3,9H2,1-2H3. The smallest absolute Gasteiger partial charge is 0.337 e. The highest BCUT2D eigenvalue weighted by molar-refractivity contribution is 7.17. The number of hydrogen-bond donors (Lipinski definition) is 0. The van der Waals surface area contributed by atoms with Crippen molar-refractivity contribution in [1.29, 1.82) is 0 Å². The number of carbonyl (C=O) groups is 3. The second kappa shape index (κ2) is 8.97. The van der Waals surface area contributed by atoms with Gasteiger partial charge >= 0.3 is 16.9 Å². The molecule has 0 aliphatic rings. The zero-order valence-corrected chi connectivity index (χ0v) is 17.4. The molecule has 1 aromatic carbocycles. The molecule has 3 rings (SSSR count). The summed E-state index contributed by atoms with van der Waals surface area (Å²) >= 11 is 1.81. The van der Waals surface area contributed by atoms with Crippen LogP contribution in [-0.2, 0) is 20.8 Å². The molecule has 0 bridgehead atoms. The summed E-state index contributed by atoms with van der Waals surface area (Å²) in [6.07, 6.45) is 0. The maximum atomic E-state index is 12.5. The lowest BCUT2D eigenvalue weighted by Crippen LogP contribution is -2.23. The van der Waals surface area contributed by atoms with Gasteiger partial charge in [0.1, 0.15) is 11.4 Å². The van der Waals surface area contributed by atoms with Crippen molar-refractivity contribution in [2.24, 2.45) is 4.99 Å². The quantitative estimate of drug-likeness (QED) is 0.321. The highest BCUT2D eigenvalue weighted by Crippen LogP contribution is 2.25. The summed E-state index contributed by atoms with van der Waals surface area (Å²) < 4.78 is 11.8. The number of amides is 1. The molecule has 0 spiro atoms. The molecule has 3 aromatic rings. The molecular weight excluding hydrogens is 434 g/mol. The first-order chi connectivity index (χ1) is 14.3. The third-order valence-electron chi connectivity index (χ3n) is 3.88. The molecule has 0 radical (unpaired) electrons. The summed E-state index contributed by atoms with van der Waals surface area (Å²) in [5.74, 6) is -1.72. The van der Waals surface area contributed by atoms with Crippen LogP contribution in [0.15, 0.2) is 35.3 Å². The van der Waals surface area contributed by atoms with Crippen LogP contribution in [-0.4, -0.2) is 41.1 Å². The molecule has 30 heavy (non-hydrogen) atoms. The number of aromatic nitrogens is 1. The first kappa shape index (κ1) is 21.3. The monoisotopic (exact) mass is 449 g/mol. The van der Waals surface area contributed by atoms with Crippen LogP contribution < -0.4 is 4.80 Å². The lowest BCUT2D eigenvalue weighted by Gasteiger charge is -2.05. The second-order valence-corrected chi connectivity index (χ2v) is 7.83. The predicted octanol–water partition coefficient (Wildman–Crippen LogP) is 2.76. The molecule has 0 N–H and O–H groups in total. The van der Waals surface area contributed by atoms with Crippen LogP contribution in [0.5, 0.6) is 0 Å². The van der Waals surface area contributed by atoms with Gasteiger partial charge in [-0.15, -0.1) is 0 Å². The van der Waals surface area contributed by atoms with Gasteiger partial charge in [-0.25, -0.2) is 4.79 Å². The Hall–Kier alpha value is -3.38. The molecule has 2 aromatic heterocycles. The highest BCUT2D eigenvalue weighted by Gasteiger charge is 2.17. The predicted molar refractivity (Wildman–Crippen MR) is 109 cm³/mol. The van der Waals surface area contributed by atoms with E-state index in [2.05, 4.69) is 4.99 Å². The van der Waals surface area contributed by atoms with Gasteiger partial charge in [0.05, 0.1) is 34.4 Å². The average molecular weight is 449 g/mol. The first-order valence-corrected chi connectivity index (χ1v) is 10.2. The Balaban J connectivity index is 2.10. The summed E-state index contributed by atoms with van der Waals surface area (Å²) in [5, 5.41) is 10.7. The van der Waals surface area contributed by atoms with E-state index in [4.69, 9.17) is 9.47 Å². The van der Waals surface area contributed by atoms with Gasteiger partial charge in [0, 0.05) is 6.07 Å². The van der Waals surface area contributed by atoms with Gasteiger partial charge in [-0.05, 0) is 31.2 Å². The molecule has 0 unspecified atom stereocenters. The van der Waals surface area contributed by atoms with E-state index in [1.807, 2.05) is 0 Å². The van der Waals surface area contributed by atoms with E-state index in [-0.39, 0.29) is 27.8 Å². The fraction of sp³-hybridized carbons (Fsp3) is 0.222. The van der Waals surface area contributed by atoms with E-state index < -0.39 is 22.8 Å². The number of rotatable bonds is 6. The molecule has 10 nitrogen and oxygen atoms in total. The van der Waals surface area contributed by atoms with Crippen molar-refractivity contribution in [3.05, 3.63) is 55.7 Å². The molecule has 0 saturated heterocycles. The van der Waals surface area contributed by atoms with Crippen molar-refractivity contribution in [2.45, 2.75) is 13.5 Å². The molecule has 12 heteroatoms. The minimum absolute atomic E-state index is 0.0945. The van der Waals surface area contributed by atoms with Crippen molar-refractivity contribution < 1.29 is 28.8 Å². The Labute approximate surface area is 177 Å². The number of benzene rings is 1. The van der Waals surface area contributed by atoms with E-state index in [0.29, 0.717) is 27.1 Å². The maximum absolute atomic E-state index is 12.5. The Bertz CT molecular complexity index is 1220. The topological polar surface area (TPSA) is 130 Å². The summed E-state index contributed by atoms with van der Waals surface area (Å²) in [6, 6.07) is 7.29. The third kappa shape index (κ3) is 4.44. The summed E-state index contributed by atoms with van der Waals surface area (Å²) in [4.78, 5) is 51.0. The number of fused-ring (bicyclic) bond motifs is 1. The van der Waals surface area contributed by atoms with Gasteiger partial charge in [-0.2, -0.15) is 4.99 Å². The number of carbonyl (C=O) groups excluding carboxylic acids is 3. The summed E-state index contributed by atoms with van der Waals surface area (Å²) in [6.45, 7) is 1.68. The molecular formula is C18H15N3O7S2. The first-order valence-electron chi connectivity index (χ1n) is 8.54. The van der Waals surface area contributed by atoms with Crippen LogP contribution in [0.25, 0.3) is 10.2 Å². The normalized spacial score (nSPS) is 11.5. The lowest BCUT2D eigenvalue weighted by molar-refractivity contribution is -0.380. The molecule has 0 fully saturated rings. The van der Waals surface area contributed by atoms with E-state index in [1.54, 1.807) is 19.1 Å². The summed E-state index contributed by atoms with van der Waals surface area (Å²) in [5.41, 5.74) is 0.880. The van der Waals surface area contributed by atoms with Gasteiger partial charge in [0.15, 0.2) is 4.80 Å². The van der Waals surface area contributed by atoms with Crippen LogP contribution >= 0.6 is 22.7 Å². The second-order valence-electron chi connectivity index (χ2n) is 5.76. The number of nitrogens with zero attached hydrogens (tertiary/aromatic N) is 3. The van der Waals surface area contributed by atoms with Gasteiger partial charge in [-0.3, -0.25) is 19.7 Å². The molecule has 0 atom stereocenters. The minimum Gasteiger partial charge on any atom is -0.465 e. The fourth-order valence-electron chi connectivity index (χ4n) is 2.57. The van der Waals surface area contributed by atoms with E-state index in [0.717, 1.165) is 11.3 Å². The molecule has 2 heterocycles. The number of ether oxygens (including phenoxy) is 2. The van der Waals surface area contributed by atoms with Crippen LogP contribution in [0.4, 0.5) is 5.00 Å². The van der Waals surface area contributed by atoms with Crippen molar-refractivity contribution >= 4 is 55.7 Å². The lowest BCUT2D eigenvalue weighted by atomic mass is 10.2. The number of thiazole rings is 1. The summed E-state index contributed by atoms with van der Waals surface area (Å²) in [7, 11) is 1.27. The maximum Gasteiger partial charge on any atom is 0.337 e. The average Bonchev–Trinajstić information content (AvgIpc) is 3.33. The molecule has 0 saturated carbocycles. The van der Waals surface area contributed by atoms with Crippen molar-refractivity contribution in [1.82, 2.24) is 4.57 Å². The van der Waals surface area contributed by atoms with Crippen LogP contribution in [0.2, 0.25) is 0 Å². The highest BCUT2D eigenvalue weighted by atomic mass is 32.1. The van der Waals surface area contributed by atoms with Crippen LogP contribution in [0.1, 0.15) is 27.0 Å². The van der Waals surface area contributed by atoms with Crippen molar-refractivity contribution in [3.8, 4) is 0 Å². The van der Waals surface area contributed by atoms with Crippen molar-refractivity contribution in [3.63, 3.8) is 0 Å². The Morgan fingerprint density at radius 2 is 1.97 bits per heavy atom. The van der Waals surface area contributed by atoms with Gasteiger partial charge in [0.25, 0.3) is 5.91 Å². The number of nitro groups is 1. The number of methoxy groups -OCH3 is 1. The van der Waals surface area contributed by atoms with E-state index in [1.165, 1.54) is 29.9 Å². The SMILES string of the molecule is CCOC(=O)Cn1c(=NC(=O)c2ccc([N+](=O)[O-])s2)sc2cc(C(=O)OC)ccc21. The molecule has 156 valence electrons.